The molecule has 118 valence electrons. The van der Waals surface area contributed by atoms with E-state index in [-0.39, 0.29) is 18.3 Å². The van der Waals surface area contributed by atoms with Crippen molar-refractivity contribution >= 4 is 5.91 Å². The number of halogens is 1. The van der Waals surface area contributed by atoms with E-state index in [2.05, 4.69) is 5.32 Å². The van der Waals surface area contributed by atoms with Crippen molar-refractivity contribution < 1.29 is 32.4 Å². The van der Waals surface area contributed by atoms with Crippen molar-refractivity contribution in [3.8, 4) is 5.75 Å². The van der Waals surface area contributed by atoms with E-state index in [9.17, 15) is 9.90 Å². The fourth-order valence-electron chi connectivity index (χ4n) is 2.43. The van der Waals surface area contributed by atoms with Crippen LogP contribution in [-0.4, -0.2) is 48.8 Å². The van der Waals surface area contributed by atoms with E-state index < -0.39 is 6.10 Å². The first-order chi connectivity index (χ1) is 9.69. The van der Waals surface area contributed by atoms with E-state index >= 15 is 0 Å². The van der Waals surface area contributed by atoms with Gasteiger partial charge in [-0.1, -0.05) is 0 Å². The summed E-state index contributed by atoms with van der Waals surface area (Å²) in [7, 11) is 1.65. The second kappa shape index (κ2) is 8.87. The molecule has 6 heteroatoms. The van der Waals surface area contributed by atoms with Gasteiger partial charge in [0, 0.05) is 18.5 Å². The number of aliphatic hydroxyl groups is 1. The molecule has 0 radical (unpaired) electrons. The summed E-state index contributed by atoms with van der Waals surface area (Å²) < 4.78 is 5.11. The molecule has 1 heterocycles. The zero-order valence-electron chi connectivity index (χ0n) is 12.3. The van der Waals surface area contributed by atoms with Crippen LogP contribution in [0, 0.1) is 0 Å². The normalized spacial score (nSPS) is 15.7. The predicted molar refractivity (Wildman–Crippen MR) is 75.3 cm³/mol. The van der Waals surface area contributed by atoms with Gasteiger partial charge in [0.2, 0.25) is 5.91 Å². The molecule has 1 fully saturated rings. The molecule has 2 rings (SSSR count). The summed E-state index contributed by atoms with van der Waals surface area (Å²) in [6, 6.07) is 7.91. The number of methoxy groups -OCH3 is 1. The Labute approximate surface area is 131 Å². The van der Waals surface area contributed by atoms with Gasteiger partial charge >= 0.3 is 0 Å². The topological polar surface area (TPSA) is 66.4 Å². The molecule has 0 aliphatic carbocycles. The SMILES string of the molecule is COc1ccc(C[NH2+]CC(O)CN2CCCC2=O)cc1.[Cl-]. The molecular weight excluding hydrogens is 292 g/mol. The van der Waals surface area contributed by atoms with Crippen LogP contribution in [0.3, 0.4) is 0 Å². The van der Waals surface area contributed by atoms with Crippen LogP contribution in [0.4, 0.5) is 0 Å². The summed E-state index contributed by atoms with van der Waals surface area (Å²) in [5, 5.41) is 12.0. The van der Waals surface area contributed by atoms with E-state index in [1.807, 2.05) is 24.3 Å². The quantitative estimate of drug-likeness (QED) is 0.555. The Hall–Kier alpha value is -1.30. The third kappa shape index (κ3) is 5.53. The molecule has 3 N–H and O–H groups in total. The second-order valence-electron chi connectivity index (χ2n) is 5.17. The summed E-state index contributed by atoms with van der Waals surface area (Å²) >= 11 is 0. The summed E-state index contributed by atoms with van der Waals surface area (Å²) in [5.41, 5.74) is 1.19. The molecule has 1 atom stereocenters. The number of benzene rings is 1. The zero-order valence-corrected chi connectivity index (χ0v) is 13.1. The zero-order chi connectivity index (χ0) is 14.4. The van der Waals surface area contributed by atoms with Gasteiger partial charge in [0.15, 0.2) is 0 Å². The van der Waals surface area contributed by atoms with Gasteiger partial charge in [0.05, 0.1) is 13.7 Å². The molecule has 0 aromatic heterocycles. The van der Waals surface area contributed by atoms with Gasteiger partial charge in [-0.3, -0.25) is 4.79 Å². The number of nitrogens with zero attached hydrogens (tertiary/aromatic N) is 1. The highest BCUT2D eigenvalue weighted by Gasteiger charge is 2.22. The lowest BCUT2D eigenvalue weighted by Crippen LogP contribution is -3.00. The number of ether oxygens (including phenoxy) is 1. The summed E-state index contributed by atoms with van der Waals surface area (Å²) in [6.45, 7) is 2.66. The lowest BCUT2D eigenvalue weighted by atomic mass is 10.2. The highest BCUT2D eigenvalue weighted by atomic mass is 35.5. The largest absolute Gasteiger partial charge is 1.00 e. The molecule has 5 nitrogen and oxygen atoms in total. The van der Waals surface area contributed by atoms with E-state index in [0.29, 0.717) is 19.5 Å². The number of quaternary nitrogens is 1. The van der Waals surface area contributed by atoms with Crippen LogP contribution in [0.5, 0.6) is 5.75 Å². The van der Waals surface area contributed by atoms with Gasteiger partial charge in [0.25, 0.3) is 0 Å². The number of carbonyl (C=O) groups is 1. The molecule has 1 aromatic carbocycles. The minimum Gasteiger partial charge on any atom is -1.00 e. The molecule has 1 aliphatic rings. The van der Waals surface area contributed by atoms with E-state index in [1.165, 1.54) is 5.56 Å². The second-order valence-corrected chi connectivity index (χ2v) is 5.17. The van der Waals surface area contributed by atoms with E-state index in [4.69, 9.17) is 4.74 Å². The third-order valence-corrected chi connectivity index (χ3v) is 3.58. The Morgan fingerprint density at radius 3 is 2.67 bits per heavy atom. The van der Waals surface area contributed by atoms with Crippen molar-refractivity contribution in [1.29, 1.82) is 0 Å². The van der Waals surface area contributed by atoms with E-state index in [1.54, 1.807) is 12.0 Å². The number of carbonyl (C=O) groups excluding carboxylic acids is 1. The lowest BCUT2D eigenvalue weighted by Gasteiger charge is -2.18. The predicted octanol–water partition coefficient (Wildman–Crippen LogP) is -3.25. The van der Waals surface area contributed by atoms with Gasteiger partial charge in [-0.2, -0.15) is 0 Å². The summed E-state index contributed by atoms with van der Waals surface area (Å²) in [4.78, 5) is 13.2. The van der Waals surface area contributed by atoms with Crippen molar-refractivity contribution in [2.75, 3.05) is 26.7 Å². The highest BCUT2D eigenvalue weighted by molar-refractivity contribution is 5.78. The van der Waals surface area contributed by atoms with Crippen LogP contribution in [0.1, 0.15) is 18.4 Å². The van der Waals surface area contributed by atoms with Gasteiger partial charge in [0.1, 0.15) is 24.9 Å². The standard InChI is InChI=1S/C15H22N2O3.ClH/c1-20-14-6-4-12(5-7-14)9-16-10-13(18)11-17-8-2-3-15(17)19;/h4-7,13,16,18H,2-3,8-11H2,1H3;1H. The first-order valence-electron chi connectivity index (χ1n) is 7.09. The van der Waals surface area contributed by atoms with Gasteiger partial charge in [-0.15, -0.1) is 0 Å². The minimum atomic E-state index is -0.463. The molecule has 1 aliphatic heterocycles. The maximum atomic E-state index is 11.5. The number of β-amino-alcohol motifs (C(OH)–C–C–N with tert-alkyl or cyclic N) is 1. The molecular formula is C15H23ClN2O3. The first-order valence-corrected chi connectivity index (χ1v) is 7.09. The van der Waals surface area contributed by atoms with Crippen LogP contribution in [0.2, 0.25) is 0 Å². The van der Waals surface area contributed by atoms with Crippen LogP contribution in [0.25, 0.3) is 0 Å². The van der Waals surface area contributed by atoms with Crippen molar-refractivity contribution in [2.45, 2.75) is 25.5 Å². The van der Waals surface area contributed by atoms with Crippen LogP contribution in [-0.2, 0) is 11.3 Å². The number of nitrogens with two attached hydrogens (primary N) is 1. The molecule has 1 saturated heterocycles. The fraction of sp³-hybridized carbons (Fsp3) is 0.533. The molecule has 1 amide bonds. The third-order valence-electron chi connectivity index (χ3n) is 3.58. The van der Waals surface area contributed by atoms with Crippen molar-refractivity contribution in [3.63, 3.8) is 0 Å². The van der Waals surface area contributed by atoms with Crippen LogP contribution >= 0.6 is 0 Å². The summed E-state index contributed by atoms with van der Waals surface area (Å²) in [6.07, 6.45) is 1.08. The van der Waals surface area contributed by atoms with Gasteiger partial charge in [-0.05, 0) is 30.7 Å². The Morgan fingerprint density at radius 2 is 2.10 bits per heavy atom. The average molecular weight is 315 g/mol. The van der Waals surface area contributed by atoms with Crippen LogP contribution in [0.15, 0.2) is 24.3 Å². The Kier molecular flexibility index (Phi) is 7.50. The number of amides is 1. The van der Waals surface area contributed by atoms with Crippen LogP contribution < -0.4 is 22.5 Å². The monoisotopic (exact) mass is 314 g/mol. The Bertz CT molecular complexity index is 439. The smallest absolute Gasteiger partial charge is 0.222 e. The maximum absolute atomic E-state index is 11.5. The number of likely N-dealkylation sites (tertiary alicyclic amines) is 1. The Morgan fingerprint density at radius 1 is 1.38 bits per heavy atom. The number of aliphatic hydroxyl groups excluding tert-OH is 1. The molecule has 0 bridgehead atoms. The molecule has 0 saturated carbocycles. The van der Waals surface area contributed by atoms with Crippen molar-refractivity contribution in [3.05, 3.63) is 29.8 Å². The molecule has 0 spiro atoms. The Balaban J connectivity index is 0.00000220. The minimum absolute atomic E-state index is 0. The lowest BCUT2D eigenvalue weighted by molar-refractivity contribution is -0.676. The first kappa shape index (κ1) is 17.8. The van der Waals surface area contributed by atoms with Gasteiger partial charge < -0.3 is 32.5 Å². The summed E-state index contributed by atoms with van der Waals surface area (Å²) in [5.74, 6) is 1.01. The average Bonchev–Trinajstić information content (AvgIpc) is 2.85. The number of hydrogen-bond donors (Lipinski definition) is 2. The maximum Gasteiger partial charge on any atom is 0.222 e. The van der Waals surface area contributed by atoms with E-state index in [0.717, 1.165) is 25.3 Å². The van der Waals surface area contributed by atoms with Crippen molar-refractivity contribution in [2.24, 2.45) is 0 Å². The molecule has 21 heavy (non-hydrogen) atoms. The fourth-order valence-corrected chi connectivity index (χ4v) is 2.43. The molecule has 1 aromatic rings. The van der Waals surface area contributed by atoms with Crippen molar-refractivity contribution in [1.82, 2.24) is 4.90 Å². The molecule has 1 unspecified atom stereocenters. The highest BCUT2D eigenvalue weighted by Crippen LogP contribution is 2.10. The number of rotatable bonds is 7. The number of hydrogen-bond acceptors (Lipinski definition) is 3. The van der Waals surface area contributed by atoms with Gasteiger partial charge in [-0.25, -0.2) is 0 Å².